The van der Waals surface area contributed by atoms with Crippen LogP contribution in [0.2, 0.25) is 0 Å². The van der Waals surface area contributed by atoms with Gasteiger partial charge in [-0.25, -0.2) is 0 Å². The third kappa shape index (κ3) is 5.44. The number of nitrogens with zero attached hydrogens (tertiary/aromatic N) is 1. The molecular weight excluding hydrogens is 384 g/mol. The second kappa shape index (κ2) is 9.84. The van der Waals surface area contributed by atoms with Gasteiger partial charge in [0.15, 0.2) is 0 Å². The van der Waals surface area contributed by atoms with Crippen LogP contribution in [0.4, 0.5) is 0 Å². The molecule has 2 amide bonds. The number of rotatable bonds is 7. The first-order valence-electron chi connectivity index (χ1n) is 9.99. The zero-order chi connectivity index (χ0) is 21.7. The van der Waals surface area contributed by atoms with Crippen molar-refractivity contribution in [2.75, 3.05) is 13.6 Å². The number of aliphatic hydroxyl groups is 2. The Kier molecular flexibility index (Phi) is 7.20. The molecule has 7 heteroatoms. The van der Waals surface area contributed by atoms with E-state index in [9.17, 15) is 19.8 Å². The van der Waals surface area contributed by atoms with Gasteiger partial charge in [-0.2, -0.15) is 0 Å². The highest BCUT2D eigenvalue weighted by Crippen LogP contribution is 2.24. The number of ether oxygens (including phenoxy) is 1. The molecule has 1 aliphatic heterocycles. The molecule has 1 saturated heterocycles. The van der Waals surface area contributed by atoms with Gasteiger partial charge in [-0.05, 0) is 24.6 Å². The summed E-state index contributed by atoms with van der Waals surface area (Å²) in [5.74, 6) is -0.484. The van der Waals surface area contributed by atoms with Crippen LogP contribution in [0, 0.1) is 6.92 Å². The van der Waals surface area contributed by atoms with Crippen molar-refractivity contribution in [3.63, 3.8) is 0 Å². The fourth-order valence-corrected chi connectivity index (χ4v) is 3.44. The standard InChI is InChI=1S/C23H28N2O5/c1-15-8-10-17(11-9-15)23(29)24-13-19-22(28)21(27)18(30-19)12-20(26)25(2)14-16-6-4-3-5-7-16/h3-11,18-19,21-22,27-28H,12-14H2,1-2H3,(H,24,29)/t18-,19+,21-,22+/m0/s1. The summed E-state index contributed by atoms with van der Waals surface area (Å²) in [7, 11) is 1.69. The lowest BCUT2D eigenvalue weighted by Crippen LogP contribution is -2.40. The van der Waals surface area contributed by atoms with Crippen LogP contribution in [0.15, 0.2) is 54.6 Å². The SMILES string of the molecule is Cc1ccc(C(=O)NC[C@H]2O[C@@H](CC(=O)N(C)Cc3ccccc3)[C@H](O)[C@@H]2O)cc1. The van der Waals surface area contributed by atoms with Gasteiger partial charge in [0.25, 0.3) is 5.91 Å². The Balaban J connectivity index is 1.51. The second-order valence-electron chi connectivity index (χ2n) is 7.71. The van der Waals surface area contributed by atoms with Crippen molar-refractivity contribution in [3.8, 4) is 0 Å². The molecule has 1 heterocycles. The van der Waals surface area contributed by atoms with Gasteiger partial charge < -0.3 is 25.2 Å². The van der Waals surface area contributed by atoms with Crippen LogP contribution in [0.3, 0.4) is 0 Å². The molecule has 160 valence electrons. The quantitative estimate of drug-likeness (QED) is 0.636. The summed E-state index contributed by atoms with van der Waals surface area (Å²) in [4.78, 5) is 26.3. The van der Waals surface area contributed by atoms with Crippen LogP contribution >= 0.6 is 0 Å². The second-order valence-corrected chi connectivity index (χ2v) is 7.71. The van der Waals surface area contributed by atoms with Crippen LogP contribution in [0.5, 0.6) is 0 Å². The monoisotopic (exact) mass is 412 g/mol. The van der Waals surface area contributed by atoms with Crippen molar-refractivity contribution >= 4 is 11.8 Å². The summed E-state index contributed by atoms with van der Waals surface area (Å²) < 4.78 is 5.70. The average molecular weight is 412 g/mol. The number of hydrogen-bond acceptors (Lipinski definition) is 5. The van der Waals surface area contributed by atoms with Gasteiger partial charge in [-0.3, -0.25) is 9.59 Å². The molecule has 3 N–H and O–H groups in total. The van der Waals surface area contributed by atoms with Crippen molar-refractivity contribution in [2.24, 2.45) is 0 Å². The van der Waals surface area contributed by atoms with Crippen molar-refractivity contribution in [2.45, 2.75) is 44.3 Å². The minimum atomic E-state index is -1.19. The summed E-state index contributed by atoms with van der Waals surface area (Å²) >= 11 is 0. The van der Waals surface area contributed by atoms with E-state index in [2.05, 4.69) is 5.32 Å². The van der Waals surface area contributed by atoms with Gasteiger partial charge >= 0.3 is 0 Å². The molecule has 0 saturated carbocycles. The Morgan fingerprint density at radius 3 is 2.30 bits per heavy atom. The summed E-state index contributed by atoms with van der Waals surface area (Å²) in [5, 5.41) is 23.3. The zero-order valence-corrected chi connectivity index (χ0v) is 17.2. The number of aryl methyl sites for hydroxylation is 1. The van der Waals surface area contributed by atoms with E-state index in [0.29, 0.717) is 12.1 Å². The Hall–Kier alpha value is -2.74. The molecule has 3 rings (SSSR count). The third-order valence-corrected chi connectivity index (χ3v) is 5.30. The topological polar surface area (TPSA) is 99.1 Å². The number of nitrogens with one attached hydrogen (secondary N) is 1. The van der Waals surface area contributed by atoms with E-state index in [4.69, 9.17) is 4.74 Å². The molecular formula is C23H28N2O5. The molecule has 1 fully saturated rings. The van der Waals surface area contributed by atoms with Crippen molar-refractivity contribution in [1.29, 1.82) is 0 Å². The van der Waals surface area contributed by atoms with Crippen molar-refractivity contribution in [3.05, 3.63) is 71.3 Å². The number of aliphatic hydroxyl groups excluding tert-OH is 2. The molecule has 2 aromatic carbocycles. The van der Waals surface area contributed by atoms with Gasteiger partial charge in [0.2, 0.25) is 5.91 Å². The minimum Gasteiger partial charge on any atom is -0.388 e. The zero-order valence-electron chi connectivity index (χ0n) is 17.2. The maximum absolute atomic E-state index is 12.5. The van der Waals surface area contributed by atoms with Crippen molar-refractivity contribution < 1.29 is 24.5 Å². The molecule has 0 unspecified atom stereocenters. The largest absolute Gasteiger partial charge is 0.388 e. The molecule has 0 aliphatic carbocycles. The lowest BCUT2D eigenvalue weighted by molar-refractivity contribution is -0.134. The number of benzene rings is 2. The molecule has 0 bridgehead atoms. The highest BCUT2D eigenvalue weighted by Gasteiger charge is 2.43. The fourth-order valence-electron chi connectivity index (χ4n) is 3.44. The summed E-state index contributed by atoms with van der Waals surface area (Å²) in [5.41, 5.74) is 2.55. The number of carbonyl (C=O) groups excluding carboxylic acids is 2. The van der Waals surface area contributed by atoms with Crippen molar-refractivity contribution in [1.82, 2.24) is 10.2 Å². The minimum absolute atomic E-state index is 0.0372. The van der Waals surface area contributed by atoms with E-state index in [-0.39, 0.29) is 24.8 Å². The summed E-state index contributed by atoms with van der Waals surface area (Å²) in [6, 6.07) is 16.7. The highest BCUT2D eigenvalue weighted by atomic mass is 16.5. The van der Waals surface area contributed by atoms with Crippen LogP contribution in [0.25, 0.3) is 0 Å². The highest BCUT2D eigenvalue weighted by molar-refractivity contribution is 5.94. The summed E-state index contributed by atoms with van der Waals surface area (Å²) in [6.07, 6.45) is -4.04. The maximum atomic E-state index is 12.5. The Morgan fingerprint density at radius 2 is 1.63 bits per heavy atom. The lowest BCUT2D eigenvalue weighted by Gasteiger charge is -2.21. The number of amides is 2. The molecule has 0 spiro atoms. The van der Waals surface area contributed by atoms with E-state index in [1.807, 2.05) is 49.4 Å². The van der Waals surface area contributed by atoms with Gasteiger partial charge in [0, 0.05) is 25.7 Å². The van der Waals surface area contributed by atoms with Crippen LogP contribution in [0.1, 0.15) is 27.9 Å². The molecule has 2 aromatic rings. The Labute approximate surface area is 176 Å². The predicted octanol–water partition coefficient (Wildman–Crippen LogP) is 1.26. The van der Waals surface area contributed by atoms with Gasteiger partial charge in [0.05, 0.1) is 12.5 Å². The number of hydrogen-bond donors (Lipinski definition) is 3. The van der Waals surface area contributed by atoms with Gasteiger partial charge in [0.1, 0.15) is 18.3 Å². The van der Waals surface area contributed by atoms with Crippen LogP contribution < -0.4 is 5.32 Å². The first-order chi connectivity index (χ1) is 14.3. The average Bonchev–Trinajstić information content (AvgIpc) is 3.01. The molecule has 30 heavy (non-hydrogen) atoms. The van der Waals surface area contributed by atoms with E-state index in [0.717, 1.165) is 11.1 Å². The first-order valence-corrected chi connectivity index (χ1v) is 9.99. The molecule has 0 radical (unpaired) electrons. The van der Waals surface area contributed by atoms with E-state index in [1.165, 1.54) is 0 Å². The molecule has 4 atom stereocenters. The molecule has 1 aliphatic rings. The normalized spacial score (nSPS) is 23.2. The van der Waals surface area contributed by atoms with E-state index >= 15 is 0 Å². The predicted molar refractivity (Wildman–Crippen MR) is 112 cm³/mol. The lowest BCUT2D eigenvalue weighted by atomic mass is 10.0. The Morgan fingerprint density at radius 1 is 1.00 bits per heavy atom. The third-order valence-electron chi connectivity index (χ3n) is 5.30. The smallest absolute Gasteiger partial charge is 0.251 e. The van der Waals surface area contributed by atoms with Gasteiger partial charge in [-0.1, -0.05) is 48.0 Å². The maximum Gasteiger partial charge on any atom is 0.251 e. The van der Waals surface area contributed by atoms with E-state index in [1.54, 1.807) is 24.1 Å². The Bertz CT molecular complexity index is 856. The van der Waals surface area contributed by atoms with Crippen LogP contribution in [-0.4, -0.2) is 64.9 Å². The first kappa shape index (κ1) is 22.0. The molecule has 0 aromatic heterocycles. The molecule has 7 nitrogen and oxygen atoms in total. The fraction of sp³-hybridized carbons (Fsp3) is 0.391. The van der Waals surface area contributed by atoms with Crippen LogP contribution in [-0.2, 0) is 16.1 Å². The van der Waals surface area contributed by atoms with Gasteiger partial charge in [-0.15, -0.1) is 0 Å². The number of carbonyl (C=O) groups is 2. The van der Waals surface area contributed by atoms with E-state index < -0.39 is 24.4 Å². The summed E-state index contributed by atoms with van der Waals surface area (Å²) in [6.45, 7) is 2.42.